The van der Waals surface area contributed by atoms with Gasteiger partial charge in [0, 0.05) is 7.05 Å². The van der Waals surface area contributed by atoms with Gasteiger partial charge in [-0.3, -0.25) is 14.5 Å². The normalized spacial score (nSPS) is 16.3. The maximum Gasteiger partial charge on any atom is 0.293 e. The molecule has 1 aliphatic heterocycles. The standard InChI is InChI=1S/C18H15NO3S/c1-12-3-7-14(8-4-12)22-15-9-5-13(6-10-15)11-16-17(20)19(2)18(21)23-16/h3-11H,1-2H3/b16-11-. The number of amides is 2. The van der Waals surface area contributed by atoms with Crippen LogP contribution in [0.25, 0.3) is 6.08 Å². The van der Waals surface area contributed by atoms with Crippen molar-refractivity contribution >= 4 is 29.0 Å². The van der Waals surface area contributed by atoms with Crippen molar-refractivity contribution in [3.05, 3.63) is 64.6 Å². The Kier molecular flexibility index (Phi) is 4.21. The minimum atomic E-state index is -0.264. The molecule has 2 aromatic carbocycles. The number of hydrogen-bond donors (Lipinski definition) is 0. The van der Waals surface area contributed by atoms with Crippen LogP contribution in [0.2, 0.25) is 0 Å². The number of rotatable bonds is 3. The molecule has 0 radical (unpaired) electrons. The summed E-state index contributed by atoms with van der Waals surface area (Å²) in [6, 6.07) is 15.2. The number of aryl methyl sites for hydroxylation is 1. The third-order valence-electron chi connectivity index (χ3n) is 3.42. The first-order valence-corrected chi connectivity index (χ1v) is 7.91. The topological polar surface area (TPSA) is 46.6 Å². The highest BCUT2D eigenvalue weighted by atomic mass is 32.2. The van der Waals surface area contributed by atoms with Crippen LogP contribution in [0.3, 0.4) is 0 Å². The lowest BCUT2D eigenvalue weighted by Gasteiger charge is -2.06. The van der Waals surface area contributed by atoms with Gasteiger partial charge in [0.15, 0.2) is 0 Å². The van der Waals surface area contributed by atoms with Gasteiger partial charge in [-0.2, -0.15) is 0 Å². The maximum atomic E-state index is 11.8. The zero-order valence-corrected chi connectivity index (χ0v) is 13.6. The molecule has 0 aliphatic carbocycles. The molecule has 2 aromatic rings. The molecule has 0 spiro atoms. The molecule has 0 atom stereocenters. The number of imide groups is 1. The van der Waals surface area contributed by atoms with Crippen molar-refractivity contribution in [2.24, 2.45) is 0 Å². The largest absolute Gasteiger partial charge is 0.457 e. The first-order valence-electron chi connectivity index (χ1n) is 7.09. The summed E-state index contributed by atoms with van der Waals surface area (Å²) in [6.07, 6.45) is 1.71. The monoisotopic (exact) mass is 325 g/mol. The van der Waals surface area contributed by atoms with Crippen LogP contribution in [0.1, 0.15) is 11.1 Å². The van der Waals surface area contributed by atoms with E-state index >= 15 is 0 Å². The summed E-state index contributed by atoms with van der Waals surface area (Å²) < 4.78 is 5.76. The Morgan fingerprint density at radius 2 is 1.52 bits per heavy atom. The second kappa shape index (κ2) is 6.30. The van der Waals surface area contributed by atoms with Crippen LogP contribution in [-0.2, 0) is 4.79 Å². The zero-order chi connectivity index (χ0) is 16.4. The summed E-state index contributed by atoms with van der Waals surface area (Å²) in [4.78, 5) is 24.9. The fourth-order valence-electron chi connectivity index (χ4n) is 2.07. The van der Waals surface area contributed by atoms with Crippen LogP contribution in [0.4, 0.5) is 4.79 Å². The predicted molar refractivity (Wildman–Crippen MR) is 91.4 cm³/mol. The van der Waals surface area contributed by atoms with Gasteiger partial charge in [-0.1, -0.05) is 29.8 Å². The van der Waals surface area contributed by atoms with Gasteiger partial charge in [-0.25, -0.2) is 0 Å². The maximum absolute atomic E-state index is 11.8. The Labute approximate surface area is 138 Å². The lowest BCUT2D eigenvalue weighted by molar-refractivity contribution is -0.121. The van der Waals surface area contributed by atoms with Gasteiger partial charge in [-0.15, -0.1) is 0 Å². The van der Waals surface area contributed by atoms with E-state index in [1.807, 2.05) is 55.5 Å². The van der Waals surface area contributed by atoms with E-state index in [-0.39, 0.29) is 11.1 Å². The highest BCUT2D eigenvalue weighted by molar-refractivity contribution is 8.18. The van der Waals surface area contributed by atoms with Crippen molar-refractivity contribution < 1.29 is 14.3 Å². The molecular formula is C18H15NO3S. The van der Waals surface area contributed by atoms with E-state index in [0.717, 1.165) is 33.7 Å². The Bertz CT molecular complexity index is 779. The highest BCUT2D eigenvalue weighted by Gasteiger charge is 2.31. The summed E-state index contributed by atoms with van der Waals surface area (Å²) in [5.74, 6) is 1.23. The van der Waals surface area contributed by atoms with Crippen LogP contribution in [-0.4, -0.2) is 23.1 Å². The number of thioether (sulfide) groups is 1. The number of likely N-dealkylation sites (N-methyl/N-ethyl adjacent to an activating group) is 1. The Balaban J connectivity index is 1.74. The first-order chi connectivity index (χ1) is 11.0. The van der Waals surface area contributed by atoms with E-state index < -0.39 is 0 Å². The van der Waals surface area contributed by atoms with Crippen molar-refractivity contribution in [2.45, 2.75) is 6.92 Å². The molecule has 0 bridgehead atoms. The highest BCUT2D eigenvalue weighted by Crippen LogP contribution is 2.31. The molecule has 0 saturated carbocycles. The van der Waals surface area contributed by atoms with Gasteiger partial charge in [0.2, 0.25) is 0 Å². The van der Waals surface area contributed by atoms with E-state index in [1.165, 1.54) is 12.6 Å². The van der Waals surface area contributed by atoms with E-state index in [4.69, 9.17) is 4.74 Å². The van der Waals surface area contributed by atoms with Gasteiger partial charge in [0.05, 0.1) is 4.91 Å². The molecule has 0 aromatic heterocycles. The molecule has 5 heteroatoms. The van der Waals surface area contributed by atoms with Crippen LogP contribution >= 0.6 is 11.8 Å². The summed E-state index contributed by atoms with van der Waals surface area (Å²) in [7, 11) is 1.48. The number of benzene rings is 2. The lowest BCUT2D eigenvalue weighted by atomic mass is 10.2. The van der Waals surface area contributed by atoms with Gasteiger partial charge < -0.3 is 4.74 Å². The van der Waals surface area contributed by atoms with Crippen molar-refractivity contribution in [3.63, 3.8) is 0 Å². The summed E-state index contributed by atoms with van der Waals surface area (Å²) in [6.45, 7) is 2.02. The molecule has 0 N–H and O–H groups in total. The number of ether oxygens (including phenoxy) is 1. The molecule has 23 heavy (non-hydrogen) atoms. The summed E-state index contributed by atoms with van der Waals surface area (Å²) in [5.41, 5.74) is 2.03. The van der Waals surface area contributed by atoms with Crippen LogP contribution in [0.5, 0.6) is 11.5 Å². The van der Waals surface area contributed by atoms with Crippen LogP contribution < -0.4 is 4.74 Å². The summed E-state index contributed by atoms with van der Waals surface area (Å²) >= 11 is 0.952. The Hall–Kier alpha value is -2.53. The average Bonchev–Trinajstić information content (AvgIpc) is 2.79. The smallest absolute Gasteiger partial charge is 0.293 e. The predicted octanol–water partition coefficient (Wildman–Crippen LogP) is 4.45. The SMILES string of the molecule is Cc1ccc(Oc2ccc(/C=C3\SC(=O)N(C)C3=O)cc2)cc1. The van der Waals surface area contributed by atoms with Gasteiger partial charge in [0.25, 0.3) is 11.1 Å². The second-order valence-electron chi connectivity index (χ2n) is 5.22. The third-order valence-corrected chi connectivity index (χ3v) is 4.38. The van der Waals surface area contributed by atoms with Crippen molar-refractivity contribution in [1.82, 2.24) is 4.90 Å². The fraction of sp³-hybridized carbons (Fsp3) is 0.111. The fourth-order valence-corrected chi connectivity index (χ4v) is 2.90. The van der Waals surface area contributed by atoms with E-state index in [2.05, 4.69) is 0 Å². The van der Waals surface area contributed by atoms with Crippen LogP contribution in [0.15, 0.2) is 53.4 Å². The molecule has 1 heterocycles. The van der Waals surface area contributed by atoms with Crippen LogP contribution in [0, 0.1) is 6.92 Å². The Morgan fingerprint density at radius 3 is 2.04 bits per heavy atom. The molecule has 2 amide bonds. The number of carbonyl (C=O) groups excluding carboxylic acids is 2. The van der Waals surface area contributed by atoms with Crippen molar-refractivity contribution in [3.8, 4) is 11.5 Å². The molecule has 4 nitrogen and oxygen atoms in total. The molecule has 116 valence electrons. The average molecular weight is 325 g/mol. The van der Waals surface area contributed by atoms with Gasteiger partial charge in [0.1, 0.15) is 11.5 Å². The third kappa shape index (κ3) is 3.46. The van der Waals surface area contributed by atoms with Gasteiger partial charge >= 0.3 is 0 Å². The lowest BCUT2D eigenvalue weighted by Crippen LogP contribution is -2.22. The minimum Gasteiger partial charge on any atom is -0.457 e. The van der Waals surface area contributed by atoms with E-state index in [1.54, 1.807) is 6.08 Å². The summed E-state index contributed by atoms with van der Waals surface area (Å²) in [5, 5.41) is -0.249. The van der Waals surface area contributed by atoms with Crippen molar-refractivity contribution in [1.29, 1.82) is 0 Å². The molecule has 1 aliphatic rings. The van der Waals surface area contributed by atoms with E-state index in [9.17, 15) is 9.59 Å². The molecular weight excluding hydrogens is 310 g/mol. The second-order valence-corrected chi connectivity index (χ2v) is 6.22. The minimum absolute atomic E-state index is 0.249. The van der Waals surface area contributed by atoms with Gasteiger partial charge in [-0.05, 0) is 54.6 Å². The number of nitrogens with zero attached hydrogens (tertiary/aromatic N) is 1. The Morgan fingerprint density at radius 1 is 0.957 bits per heavy atom. The quantitative estimate of drug-likeness (QED) is 0.782. The molecule has 1 saturated heterocycles. The molecule has 0 unspecified atom stereocenters. The molecule has 1 fully saturated rings. The number of carbonyl (C=O) groups is 2. The van der Waals surface area contributed by atoms with E-state index in [0.29, 0.717) is 4.91 Å². The molecule has 3 rings (SSSR count). The zero-order valence-electron chi connectivity index (χ0n) is 12.8. The first kappa shape index (κ1) is 15.4. The van der Waals surface area contributed by atoms with Crippen molar-refractivity contribution in [2.75, 3.05) is 7.05 Å². The number of hydrogen-bond acceptors (Lipinski definition) is 4.